The third kappa shape index (κ3) is 4.71. The van der Waals surface area contributed by atoms with Gasteiger partial charge in [-0.2, -0.15) is 4.98 Å². The number of carbonyl (C=O) groups excluding carboxylic acids is 1. The number of allylic oxidation sites excluding steroid dienone is 4. The van der Waals surface area contributed by atoms with Crippen LogP contribution in [0, 0.1) is 0 Å². The van der Waals surface area contributed by atoms with Gasteiger partial charge in [0.2, 0.25) is 5.15 Å². The molecule has 11 heteroatoms. The highest BCUT2D eigenvalue weighted by molar-refractivity contribution is 6.41. The summed E-state index contributed by atoms with van der Waals surface area (Å²) in [5, 5.41) is 1.34. The van der Waals surface area contributed by atoms with Gasteiger partial charge in [0.15, 0.2) is 11.5 Å². The molecule has 0 radical (unpaired) electrons. The van der Waals surface area contributed by atoms with E-state index >= 15 is 0 Å². The molecule has 4 heterocycles. The number of nitrogens with zero attached hydrogens (tertiary/aromatic N) is 6. The maximum Gasteiger partial charge on any atom is 0.442 e. The number of halogens is 2. The van der Waals surface area contributed by atoms with Crippen LogP contribution in [0.5, 0.6) is 0 Å². The van der Waals surface area contributed by atoms with Crippen molar-refractivity contribution in [3.8, 4) is 0 Å². The summed E-state index contributed by atoms with van der Waals surface area (Å²) in [5.41, 5.74) is 1.82. The third-order valence-corrected chi connectivity index (χ3v) is 7.77. The third-order valence-electron chi connectivity index (χ3n) is 7.00. The summed E-state index contributed by atoms with van der Waals surface area (Å²) in [5.74, 6) is 0.505. The largest absolute Gasteiger partial charge is 0.444 e. The van der Waals surface area contributed by atoms with Crippen LogP contribution in [0.3, 0.4) is 0 Å². The van der Waals surface area contributed by atoms with Crippen LogP contribution >= 0.6 is 23.2 Å². The van der Waals surface area contributed by atoms with E-state index in [1.807, 2.05) is 64.0 Å². The number of rotatable bonds is 4. The number of ether oxygens (including phenoxy) is 1. The molecule has 38 heavy (non-hydrogen) atoms. The van der Waals surface area contributed by atoms with Crippen LogP contribution in [0.1, 0.15) is 60.9 Å². The van der Waals surface area contributed by atoms with Gasteiger partial charge in [0.05, 0.1) is 0 Å². The summed E-state index contributed by atoms with van der Waals surface area (Å²) in [6.07, 6.45) is 2.31. The molecule has 1 unspecified atom stereocenters. The van der Waals surface area contributed by atoms with Crippen molar-refractivity contribution >= 4 is 58.6 Å². The van der Waals surface area contributed by atoms with E-state index in [2.05, 4.69) is 16.7 Å². The molecule has 2 atom stereocenters. The second-order valence-corrected chi connectivity index (χ2v) is 11.4. The number of aliphatic imine (C=N–C) groups is 1. The quantitative estimate of drug-likeness (QED) is 0.289. The highest BCUT2D eigenvalue weighted by atomic mass is 35.5. The van der Waals surface area contributed by atoms with Crippen molar-refractivity contribution < 1.29 is 14.1 Å². The van der Waals surface area contributed by atoms with Crippen molar-refractivity contribution in [3.63, 3.8) is 0 Å². The maximum atomic E-state index is 13.8. The molecule has 4 rings (SSSR count). The van der Waals surface area contributed by atoms with Crippen molar-refractivity contribution in [1.29, 1.82) is 0 Å². The van der Waals surface area contributed by atoms with Gasteiger partial charge in [-0.3, -0.25) is 4.99 Å². The molecule has 0 aromatic carbocycles. The zero-order valence-corrected chi connectivity index (χ0v) is 24.5. The maximum absolute atomic E-state index is 13.8. The van der Waals surface area contributed by atoms with Gasteiger partial charge in [0, 0.05) is 25.7 Å². The Morgan fingerprint density at radius 3 is 2.55 bits per heavy atom. The standard InChI is InChI=1S/C27H35Cl2N6O3/c1-9-17(10-2)21-20(30-8)16(4)34-22(29)19(28)13-18-23(31-25(36)35(21)24(18)34)33-12-11-32(14-15(33)3)26(37)38-27(5,6)7/h9,13,15-16H,8,10-12,14H2,1-7H3/q+1/b17-9-/t15-,16?/m0/s1. The molecule has 0 spiro atoms. The average molecular weight is 563 g/mol. The van der Waals surface area contributed by atoms with Gasteiger partial charge in [-0.1, -0.05) is 24.6 Å². The summed E-state index contributed by atoms with van der Waals surface area (Å²) in [4.78, 5) is 39.1. The van der Waals surface area contributed by atoms with Crippen LogP contribution in [0.2, 0.25) is 10.2 Å². The molecule has 1 saturated heterocycles. The van der Waals surface area contributed by atoms with Crippen LogP contribution in [0.25, 0.3) is 16.7 Å². The van der Waals surface area contributed by atoms with Crippen LogP contribution in [0.4, 0.5) is 10.6 Å². The minimum Gasteiger partial charge on any atom is -0.444 e. The molecular formula is C27H35Cl2N6O3+. The number of piperazine rings is 1. The fourth-order valence-corrected chi connectivity index (χ4v) is 5.75. The van der Waals surface area contributed by atoms with E-state index in [1.165, 1.54) is 0 Å². The molecule has 9 nitrogen and oxygen atoms in total. The Kier molecular flexibility index (Phi) is 7.65. The molecule has 0 bridgehead atoms. The van der Waals surface area contributed by atoms with Crippen molar-refractivity contribution in [1.82, 2.24) is 14.5 Å². The highest BCUT2D eigenvalue weighted by Gasteiger charge is 2.41. The van der Waals surface area contributed by atoms with Crippen molar-refractivity contribution in [2.75, 3.05) is 24.5 Å². The smallest absolute Gasteiger partial charge is 0.442 e. The molecular weight excluding hydrogens is 527 g/mol. The summed E-state index contributed by atoms with van der Waals surface area (Å²) in [6, 6.07) is 1.31. The van der Waals surface area contributed by atoms with Gasteiger partial charge in [0.25, 0.3) is 0 Å². The zero-order chi connectivity index (χ0) is 28.1. The average Bonchev–Trinajstić information content (AvgIpc) is 2.84. The zero-order valence-electron chi connectivity index (χ0n) is 23.0. The van der Waals surface area contributed by atoms with Gasteiger partial charge >= 0.3 is 17.4 Å². The van der Waals surface area contributed by atoms with Crippen LogP contribution < -0.4 is 15.2 Å². The Morgan fingerprint density at radius 1 is 1.32 bits per heavy atom. The van der Waals surface area contributed by atoms with Crippen LogP contribution in [-0.2, 0) is 4.74 Å². The number of hydrogen-bond donors (Lipinski definition) is 0. The first-order chi connectivity index (χ1) is 17.8. The fraction of sp³-hybridized carbons (Fsp3) is 0.519. The highest BCUT2D eigenvalue weighted by Crippen LogP contribution is 2.38. The fourth-order valence-electron chi connectivity index (χ4n) is 5.27. The van der Waals surface area contributed by atoms with Crippen molar-refractivity contribution in [2.24, 2.45) is 4.99 Å². The summed E-state index contributed by atoms with van der Waals surface area (Å²) < 4.78 is 8.96. The number of hydrogen-bond acceptors (Lipinski definition) is 6. The minimum absolute atomic E-state index is 0.132. The Hall–Kier alpha value is -2.91. The predicted octanol–water partition coefficient (Wildman–Crippen LogP) is 5.24. The number of amides is 1. The molecule has 1 amide bonds. The number of aromatic nitrogens is 3. The Labute approximate surface area is 233 Å². The number of carbonyl (C=O) groups is 1. The lowest BCUT2D eigenvalue weighted by Gasteiger charge is -2.41. The summed E-state index contributed by atoms with van der Waals surface area (Å²) in [7, 11) is 0. The lowest BCUT2D eigenvalue weighted by atomic mass is 10.0. The molecule has 0 saturated carbocycles. The number of pyridine rings is 1. The van der Waals surface area contributed by atoms with Crippen LogP contribution in [-0.4, -0.2) is 58.5 Å². The van der Waals surface area contributed by atoms with Crippen molar-refractivity contribution in [2.45, 2.75) is 72.6 Å². The lowest BCUT2D eigenvalue weighted by molar-refractivity contribution is -0.687. The van der Waals surface area contributed by atoms with E-state index in [4.69, 9.17) is 27.9 Å². The van der Waals surface area contributed by atoms with Crippen LogP contribution in [0.15, 0.2) is 33.2 Å². The normalized spacial score (nSPS) is 20.3. The van der Waals surface area contributed by atoms with Gasteiger partial charge in [0.1, 0.15) is 27.7 Å². The molecule has 204 valence electrons. The minimum atomic E-state index is -0.581. The first-order valence-corrected chi connectivity index (χ1v) is 13.6. The molecule has 0 aliphatic carbocycles. The molecule has 2 aromatic heterocycles. The van der Waals surface area contributed by atoms with E-state index in [-0.39, 0.29) is 18.2 Å². The van der Waals surface area contributed by atoms with E-state index in [0.29, 0.717) is 64.5 Å². The van der Waals surface area contributed by atoms with Gasteiger partial charge in [-0.25, -0.2) is 14.2 Å². The monoisotopic (exact) mass is 561 g/mol. The van der Waals surface area contributed by atoms with E-state index in [9.17, 15) is 9.59 Å². The van der Waals surface area contributed by atoms with Crippen molar-refractivity contribution in [3.05, 3.63) is 44.1 Å². The second kappa shape index (κ2) is 10.3. The van der Waals surface area contributed by atoms with E-state index in [0.717, 1.165) is 5.57 Å². The van der Waals surface area contributed by atoms with Gasteiger partial charge in [-0.15, -0.1) is 4.57 Å². The Balaban J connectivity index is 1.91. The SMILES string of the molecule is C=NC1=C(/C(=C\C)CC)n2c(=O)nc(N3CCN(C(=O)OC(C)(C)C)C[C@@H]3C)c3cc(Cl)c(Cl)[n+](c32)C1C. The van der Waals surface area contributed by atoms with Gasteiger partial charge < -0.3 is 14.5 Å². The topological polar surface area (TPSA) is 83.9 Å². The Morgan fingerprint density at radius 2 is 2.00 bits per heavy atom. The predicted molar refractivity (Wildman–Crippen MR) is 152 cm³/mol. The molecule has 2 aliphatic rings. The lowest BCUT2D eigenvalue weighted by Crippen LogP contribution is -2.55. The van der Waals surface area contributed by atoms with Gasteiger partial charge in [-0.05, 0) is 77.9 Å². The van der Waals surface area contributed by atoms with E-state index in [1.54, 1.807) is 15.5 Å². The molecule has 2 aliphatic heterocycles. The Bertz CT molecular complexity index is 1440. The van der Waals surface area contributed by atoms with E-state index < -0.39 is 11.3 Å². The number of anilines is 1. The molecule has 2 aromatic rings. The molecule has 0 N–H and O–H groups in total. The second-order valence-electron chi connectivity index (χ2n) is 10.6. The molecule has 1 fully saturated rings. The summed E-state index contributed by atoms with van der Waals surface area (Å²) in [6.45, 7) is 18.6. The summed E-state index contributed by atoms with van der Waals surface area (Å²) >= 11 is 13.4. The first-order valence-electron chi connectivity index (χ1n) is 12.8. The first kappa shape index (κ1) is 28.1.